The Bertz CT molecular complexity index is 677. The molecule has 1 fully saturated rings. The van der Waals surface area contributed by atoms with Gasteiger partial charge in [-0.2, -0.15) is 0 Å². The lowest BCUT2D eigenvalue weighted by molar-refractivity contribution is 0.151. The number of hydrogen-bond donors (Lipinski definition) is 0. The molecule has 0 radical (unpaired) electrons. The summed E-state index contributed by atoms with van der Waals surface area (Å²) in [7, 11) is 0. The van der Waals surface area contributed by atoms with Crippen LogP contribution in [0.25, 0.3) is 5.65 Å². The van der Waals surface area contributed by atoms with E-state index in [1.54, 1.807) is 16.7 Å². The van der Waals surface area contributed by atoms with Gasteiger partial charge in [0, 0.05) is 24.8 Å². The number of piperidine rings is 1. The van der Waals surface area contributed by atoms with Gasteiger partial charge in [-0.1, -0.05) is 12.5 Å². The van der Waals surface area contributed by atoms with Crippen molar-refractivity contribution in [3.8, 4) is 0 Å². The first kappa shape index (κ1) is 13.3. The molecule has 0 bridgehead atoms. The minimum absolute atomic E-state index is 0.0124. The molecule has 1 unspecified atom stereocenters. The average Bonchev–Trinajstić information content (AvgIpc) is 2.43. The molecule has 4 nitrogen and oxygen atoms in total. The summed E-state index contributed by atoms with van der Waals surface area (Å²) in [4.78, 5) is 19.3. The highest BCUT2D eigenvalue weighted by Gasteiger charge is 2.19. The summed E-state index contributed by atoms with van der Waals surface area (Å²) in [5.74, 6) is 0. The molecule has 2 aromatic heterocycles. The Morgan fingerprint density at radius 1 is 1.40 bits per heavy atom. The van der Waals surface area contributed by atoms with Crippen LogP contribution in [0.15, 0.2) is 29.2 Å². The number of fused-ring (bicyclic) bond motifs is 1. The van der Waals surface area contributed by atoms with Crippen molar-refractivity contribution in [3.05, 3.63) is 46.0 Å². The summed E-state index contributed by atoms with van der Waals surface area (Å²) in [6.07, 6.45) is 5.58. The van der Waals surface area contributed by atoms with Crippen molar-refractivity contribution in [3.63, 3.8) is 0 Å². The summed E-state index contributed by atoms with van der Waals surface area (Å²) in [6.45, 7) is 6.14. The average molecular weight is 271 g/mol. The maximum Gasteiger partial charge on any atom is 0.258 e. The predicted molar refractivity (Wildman–Crippen MR) is 79.9 cm³/mol. The van der Waals surface area contributed by atoms with Crippen LogP contribution in [0.1, 0.15) is 37.4 Å². The van der Waals surface area contributed by atoms with E-state index >= 15 is 0 Å². The Morgan fingerprint density at radius 3 is 3.05 bits per heavy atom. The maximum atomic E-state index is 12.2. The van der Waals surface area contributed by atoms with E-state index in [1.165, 1.54) is 19.3 Å². The standard InChI is InChI=1S/C16H21N3O/c1-12-6-5-9-19-15(20)10-14(17-16(12)19)11-18-8-4-3-7-13(18)2/h5-6,9-10,13H,3-4,7-8,11H2,1-2H3. The molecule has 0 saturated carbocycles. The number of likely N-dealkylation sites (tertiary alicyclic amines) is 1. The van der Waals surface area contributed by atoms with Crippen LogP contribution in [0.4, 0.5) is 0 Å². The molecule has 0 spiro atoms. The number of nitrogens with zero attached hydrogens (tertiary/aromatic N) is 3. The van der Waals surface area contributed by atoms with E-state index in [2.05, 4.69) is 16.8 Å². The Morgan fingerprint density at radius 2 is 2.25 bits per heavy atom. The SMILES string of the molecule is Cc1cccn2c(=O)cc(CN3CCCCC3C)nc12. The molecule has 1 aliphatic rings. The van der Waals surface area contributed by atoms with Gasteiger partial charge in [-0.25, -0.2) is 4.98 Å². The molecular weight excluding hydrogens is 250 g/mol. The van der Waals surface area contributed by atoms with Crippen molar-refractivity contribution in [2.45, 2.75) is 45.7 Å². The molecule has 1 saturated heterocycles. The van der Waals surface area contributed by atoms with Crippen LogP contribution in [0, 0.1) is 6.92 Å². The van der Waals surface area contributed by atoms with E-state index in [0.717, 1.165) is 30.0 Å². The quantitative estimate of drug-likeness (QED) is 0.841. The van der Waals surface area contributed by atoms with Crippen molar-refractivity contribution in [2.75, 3.05) is 6.54 Å². The van der Waals surface area contributed by atoms with Gasteiger partial charge >= 0.3 is 0 Å². The summed E-state index contributed by atoms with van der Waals surface area (Å²) < 4.78 is 1.62. The molecule has 1 atom stereocenters. The topological polar surface area (TPSA) is 37.6 Å². The lowest BCUT2D eigenvalue weighted by Gasteiger charge is -2.32. The van der Waals surface area contributed by atoms with Crippen molar-refractivity contribution in [1.29, 1.82) is 0 Å². The van der Waals surface area contributed by atoms with Gasteiger partial charge in [0.05, 0.1) is 5.69 Å². The second-order valence-electron chi connectivity index (χ2n) is 5.79. The van der Waals surface area contributed by atoms with E-state index in [1.807, 2.05) is 19.1 Å². The lowest BCUT2D eigenvalue weighted by Crippen LogP contribution is -2.37. The highest BCUT2D eigenvalue weighted by Crippen LogP contribution is 2.18. The van der Waals surface area contributed by atoms with Crippen LogP contribution in [0.3, 0.4) is 0 Å². The molecule has 4 heteroatoms. The largest absolute Gasteiger partial charge is 0.295 e. The van der Waals surface area contributed by atoms with Gasteiger partial charge in [0.2, 0.25) is 0 Å². The van der Waals surface area contributed by atoms with E-state index in [0.29, 0.717) is 6.04 Å². The van der Waals surface area contributed by atoms with Crippen LogP contribution < -0.4 is 5.56 Å². The van der Waals surface area contributed by atoms with E-state index in [9.17, 15) is 4.79 Å². The highest BCUT2D eigenvalue weighted by molar-refractivity contribution is 5.46. The van der Waals surface area contributed by atoms with Crippen LogP contribution >= 0.6 is 0 Å². The summed E-state index contributed by atoms with van der Waals surface area (Å²) in [5.41, 5.74) is 2.72. The van der Waals surface area contributed by atoms with Gasteiger partial charge in [-0.15, -0.1) is 0 Å². The third kappa shape index (κ3) is 2.48. The smallest absolute Gasteiger partial charge is 0.258 e. The molecule has 1 aliphatic heterocycles. The number of aromatic nitrogens is 2. The summed E-state index contributed by atoms with van der Waals surface area (Å²) >= 11 is 0. The minimum atomic E-state index is 0.0124. The second kappa shape index (κ2) is 5.37. The number of hydrogen-bond acceptors (Lipinski definition) is 3. The number of aryl methyl sites for hydroxylation is 1. The van der Waals surface area contributed by atoms with Crippen molar-refractivity contribution >= 4 is 5.65 Å². The molecule has 2 aromatic rings. The molecular formula is C16H21N3O. The van der Waals surface area contributed by atoms with Crippen molar-refractivity contribution < 1.29 is 0 Å². The molecule has 106 valence electrons. The molecule has 0 aliphatic carbocycles. The monoisotopic (exact) mass is 271 g/mol. The number of rotatable bonds is 2. The van der Waals surface area contributed by atoms with E-state index in [-0.39, 0.29) is 5.56 Å². The fraction of sp³-hybridized carbons (Fsp3) is 0.500. The fourth-order valence-electron chi connectivity index (χ4n) is 2.99. The zero-order valence-electron chi connectivity index (χ0n) is 12.2. The van der Waals surface area contributed by atoms with Gasteiger partial charge in [-0.3, -0.25) is 14.1 Å². The normalized spacial score (nSPS) is 20.4. The van der Waals surface area contributed by atoms with Crippen LogP contribution in [0.2, 0.25) is 0 Å². The molecule has 3 heterocycles. The number of pyridine rings is 1. The molecule has 0 N–H and O–H groups in total. The third-order valence-electron chi connectivity index (χ3n) is 4.24. The van der Waals surface area contributed by atoms with Crippen LogP contribution in [-0.4, -0.2) is 26.9 Å². The van der Waals surface area contributed by atoms with Gasteiger partial charge in [-0.05, 0) is 44.9 Å². The first-order chi connectivity index (χ1) is 9.65. The molecule has 0 aromatic carbocycles. The Balaban J connectivity index is 1.96. The molecule has 20 heavy (non-hydrogen) atoms. The third-order valence-corrected chi connectivity index (χ3v) is 4.24. The Hall–Kier alpha value is -1.68. The molecule has 0 amide bonds. The van der Waals surface area contributed by atoms with Gasteiger partial charge in [0.1, 0.15) is 5.65 Å². The van der Waals surface area contributed by atoms with Gasteiger partial charge in [0.15, 0.2) is 0 Å². The fourth-order valence-corrected chi connectivity index (χ4v) is 2.99. The Kier molecular flexibility index (Phi) is 3.57. The van der Waals surface area contributed by atoms with Crippen molar-refractivity contribution in [2.24, 2.45) is 0 Å². The van der Waals surface area contributed by atoms with Crippen molar-refractivity contribution in [1.82, 2.24) is 14.3 Å². The first-order valence-electron chi connectivity index (χ1n) is 7.37. The predicted octanol–water partition coefficient (Wildman–Crippen LogP) is 2.38. The van der Waals surface area contributed by atoms with Gasteiger partial charge < -0.3 is 0 Å². The van der Waals surface area contributed by atoms with Crippen LogP contribution in [0.5, 0.6) is 0 Å². The lowest BCUT2D eigenvalue weighted by atomic mass is 10.0. The van der Waals surface area contributed by atoms with Crippen LogP contribution in [-0.2, 0) is 6.54 Å². The molecule has 3 rings (SSSR count). The zero-order chi connectivity index (χ0) is 14.1. The van der Waals surface area contributed by atoms with Gasteiger partial charge in [0.25, 0.3) is 5.56 Å². The maximum absolute atomic E-state index is 12.2. The summed E-state index contributed by atoms with van der Waals surface area (Å²) in [6, 6.07) is 6.14. The first-order valence-corrected chi connectivity index (χ1v) is 7.37. The van der Waals surface area contributed by atoms with E-state index in [4.69, 9.17) is 0 Å². The minimum Gasteiger partial charge on any atom is -0.295 e. The Labute approximate surface area is 119 Å². The zero-order valence-corrected chi connectivity index (χ0v) is 12.2. The van der Waals surface area contributed by atoms with E-state index < -0.39 is 0 Å². The second-order valence-corrected chi connectivity index (χ2v) is 5.79. The summed E-state index contributed by atoms with van der Waals surface area (Å²) in [5, 5.41) is 0. The highest BCUT2D eigenvalue weighted by atomic mass is 16.1.